The van der Waals surface area contributed by atoms with Crippen LogP contribution in [0, 0.1) is 5.92 Å². The molecule has 1 heterocycles. The minimum absolute atomic E-state index is 0.0630. The lowest BCUT2D eigenvalue weighted by molar-refractivity contribution is 0.0633. The molecular weight excluding hydrogens is 264 g/mol. The van der Waals surface area contributed by atoms with Crippen LogP contribution in [0.1, 0.15) is 21.5 Å². The Balaban J connectivity index is 1.74. The van der Waals surface area contributed by atoms with Gasteiger partial charge in [-0.1, -0.05) is 24.3 Å². The normalized spacial score (nSPS) is 22.6. The number of ketones is 1. The predicted octanol–water partition coefficient (Wildman–Crippen LogP) is 3.05. The molecule has 0 aromatic heterocycles. The fourth-order valence-electron chi connectivity index (χ4n) is 3.36. The van der Waals surface area contributed by atoms with E-state index in [9.17, 15) is 4.79 Å². The van der Waals surface area contributed by atoms with Crippen molar-refractivity contribution in [3.05, 3.63) is 59.2 Å². The van der Waals surface area contributed by atoms with Gasteiger partial charge in [-0.15, -0.1) is 0 Å². The van der Waals surface area contributed by atoms with Crippen molar-refractivity contribution in [2.75, 3.05) is 7.11 Å². The first-order valence-corrected chi connectivity index (χ1v) is 7.22. The third-order valence-electron chi connectivity index (χ3n) is 4.50. The van der Waals surface area contributed by atoms with E-state index < -0.39 is 0 Å². The Labute approximate surface area is 123 Å². The summed E-state index contributed by atoms with van der Waals surface area (Å²) in [4.78, 5) is 12.7. The Bertz CT molecular complexity index is 720. The number of hydrogen-bond acceptors (Lipinski definition) is 3. The van der Waals surface area contributed by atoms with Crippen LogP contribution in [0.5, 0.6) is 11.5 Å². The monoisotopic (exact) mass is 280 g/mol. The molecule has 0 saturated carbocycles. The summed E-state index contributed by atoms with van der Waals surface area (Å²) in [5.74, 6) is 1.50. The van der Waals surface area contributed by atoms with Gasteiger partial charge in [0.1, 0.15) is 17.6 Å². The zero-order valence-corrected chi connectivity index (χ0v) is 11.8. The molecule has 4 rings (SSSR count). The van der Waals surface area contributed by atoms with Crippen molar-refractivity contribution in [2.24, 2.45) is 5.92 Å². The van der Waals surface area contributed by atoms with Crippen molar-refractivity contribution in [2.45, 2.75) is 18.9 Å². The summed E-state index contributed by atoms with van der Waals surface area (Å²) in [5, 5.41) is 0. The van der Waals surface area contributed by atoms with Gasteiger partial charge in [-0.3, -0.25) is 4.79 Å². The van der Waals surface area contributed by atoms with Crippen LogP contribution in [0.15, 0.2) is 42.5 Å². The average Bonchev–Trinajstić information content (AvgIpc) is 2.53. The van der Waals surface area contributed by atoms with Gasteiger partial charge in [0.15, 0.2) is 5.78 Å². The van der Waals surface area contributed by atoms with Gasteiger partial charge in [-0.2, -0.15) is 0 Å². The highest BCUT2D eigenvalue weighted by Gasteiger charge is 2.40. The van der Waals surface area contributed by atoms with E-state index in [2.05, 4.69) is 12.1 Å². The summed E-state index contributed by atoms with van der Waals surface area (Å²) in [6, 6.07) is 13.8. The molecular formula is C18H16O3. The summed E-state index contributed by atoms with van der Waals surface area (Å²) in [6.45, 7) is 0. The summed E-state index contributed by atoms with van der Waals surface area (Å²) in [7, 11) is 1.62. The van der Waals surface area contributed by atoms with Crippen LogP contribution in [0.2, 0.25) is 0 Å². The second-order valence-electron chi connectivity index (χ2n) is 5.67. The smallest absolute Gasteiger partial charge is 0.173 e. The van der Waals surface area contributed by atoms with E-state index in [1.54, 1.807) is 7.11 Å². The van der Waals surface area contributed by atoms with Crippen LogP contribution in [-0.4, -0.2) is 19.0 Å². The zero-order valence-electron chi connectivity index (χ0n) is 11.8. The zero-order chi connectivity index (χ0) is 14.4. The highest BCUT2D eigenvalue weighted by atomic mass is 16.5. The molecule has 0 radical (unpaired) electrons. The summed E-state index contributed by atoms with van der Waals surface area (Å²) >= 11 is 0. The molecule has 2 aromatic rings. The Morgan fingerprint density at radius 3 is 2.62 bits per heavy atom. The maximum Gasteiger partial charge on any atom is 0.173 e. The van der Waals surface area contributed by atoms with Crippen LogP contribution >= 0.6 is 0 Å². The van der Waals surface area contributed by atoms with Crippen LogP contribution in [0.3, 0.4) is 0 Å². The summed E-state index contributed by atoms with van der Waals surface area (Å²) in [6.07, 6.45) is 1.50. The maximum absolute atomic E-state index is 12.7. The third kappa shape index (κ3) is 1.92. The topological polar surface area (TPSA) is 35.5 Å². The van der Waals surface area contributed by atoms with Gasteiger partial charge in [0.25, 0.3) is 0 Å². The van der Waals surface area contributed by atoms with Crippen LogP contribution in [0.25, 0.3) is 0 Å². The van der Waals surface area contributed by atoms with E-state index >= 15 is 0 Å². The Kier molecular flexibility index (Phi) is 2.74. The van der Waals surface area contributed by atoms with Crippen molar-refractivity contribution in [3.8, 4) is 11.5 Å². The molecule has 2 aromatic carbocycles. The number of Topliss-reactive ketones (excluding diaryl/α,β-unsaturated/α-hetero) is 1. The SMILES string of the molecule is COc1ccc2c(c1)O[C@@H]1Cc3ccccc3C[C@H]1C2=O. The largest absolute Gasteiger partial charge is 0.497 e. The van der Waals surface area contributed by atoms with Crippen molar-refractivity contribution < 1.29 is 14.3 Å². The number of rotatable bonds is 1. The Morgan fingerprint density at radius 2 is 1.86 bits per heavy atom. The molecule has 3 heteroatoms. The number of methoxy groups -OCH3 is 1. The molecule has 106 valence electrons. The number of carbonyl (C=O) groups is 1. The molecule has 0 fully saturated rings. The van der Waals surface area contributed by atoms with E-state index in [0.717, 1.165) is 18.6 Å². The minimum Gasteiger partial charge on any atom is -0.497 e. The molecule has 2 aliphatic rings. The predicted molar refractivity (Wildman–Crippen MR) is 79.1 cm³/mol. The number of carbonyl (C=O) groups excluding carboxylic acids is 1. The highest BCUT2D eigenvalue weighted by molar-refractivity contribution is 6.02. The van der Waals surface area contributed by atoms with Crippen LogP contribution in [-0.2, 0) is 12.8 Å². The van der Waals surface area contributed by atoms with Gasteiger partial charge in [0.05, 0.1) is 18.6 Å². The molecule has 1 aliphatic heterocycles. The maximum atomic E-state index is 12.7. The Hall–Kier alpha value is -2.29. The second kappa shape index (κ2) is 4.62. The molecule has 0 saturated heterocycles. The first kappa shape index (κ1) is 12.5. The molecule has 0 unspecified atom stereocenters. The average molecular weight is 280 g/mol. The van der Waals surface area contributed by atoms with Crippen LogP contribution < -0.4 is 9.47 Å². The minimum atomic E-state index is -0.0687. The van der Waals surface area contributed by atoms with Crippen molar-refractivity contribution in [1.29, 1.82) is 0 Å². The summed E-state index contributed by atoms with van der Waals surface area (Å²) < 4.78 is 11.3. The first-order valence-electron chi connectivity index (χ1n) is 7.22. The highest BCUT2D eigenvalue weighted by Crippen LogP contribution is 2.39. The van der Waals surface area contributed by atoms with Gasteiger partial charge in [-0.05, 0) is 29.7 Å². The quantitative estimate of drug-likeness (QED) is 0.805. The van der Waals surface area contributed by atoms with Gasteiger partial charge in [0, 0.05) is 12.5 Å². The fraction of sp³-hybridized carbons (Fsp3) is 0.278. The molecule has 3 nitrogen and oxygen atoms in total. The Morgan fingerprint density at radius 1 is 1.10 bits per heavy atom. The van der Waals surface area contributed by atoms with E-state index in [1.165, 1.54) is 11.1 Å². The van der Waals surface area contributed by atoms with Gasteiger partial charge < -0.3 is 9.47 Å². The van der Waals surface area contributed by atoms with Crippen molar-refractivity contribution in [1.82, 2.24) is 0 Å². The van der Waals surface area contributed by atoms with E-state index in [1.807, 2.05) is 30.3 Å². The lowest BCUT2D eigenvalue weighted by Crippen LogP contribution is -2.43. The van der Waals surface area contributed by atoms with Crippen molar-refractivity contribution >= 4 is 5.78 Å². The molecule has 2 atom stereocenters. The molecule has 0 amide bonds. The molecule has 0 N–H and O–H groups in total. The van der Waals surface area contributed by atoms with Gasteiger partial charge in [-0.25, -0.2) is 0 Å². The van der Waals surface area contributed by atoms with E-state index in [-0.39, 0.29) is 17.8 Å². The van der Waals surface area contributed by atoms with Gasteiger partial charge in [0.2, 0.25) is 0 Å². The number of ether oxygens (including phenoxy) is 2. The summed E-state index contributed by atoms with van der Waals surface area (Å²) in [5.41, 5.74) is 3.24. The number of hydrogen-bond donors (Lipinski definition) is 0. The lowest BCUT2D eigenvalue weighted by Gasteiger charge is -2.36. The van der Waals surface area contributed by atoms with Crippen molar-refractivity contribution in [3.63, 3.8) is 0 Å². The van der Waals surface area contributed by atoms with E-state index in [4.69, 9.17) is 9.47 Å². The standard InChI is InChI=1S/C18H16O3/c1-20-13-6-7-14-17(10-13)21-16-9-12-5-3-2-4-11(12)8-15(16)18(14)19/h2-7,10,15-16H,8-9H2,1H3/t15-,16-/m1/s1. The fourth-order valence-corrected chi connectivity index (χ4v) is 3.36. The first-order chi connectivity index (χ1) is 10.3. The molecule has 0 spiro atoms. The van der Waals surface area contributed by atoms with E-state index in [0.29, 0.717) is 11.3 Å². The molecule has 21 heavy (non-hydrogen) atoms. The molecule has 1 aliphatic carbocycles. The second-order valence-corrected chi connectivity index (χ2v) is 5.67. The molecule has 0 bridgehead atoms. The third-order valence-corrected chi connectivity index (χ3v) is 4.50. The lowest BCUT2D eigenvalue weighted by atomic mass is 9.76. The number of fused-ring (bicyclic) bond motifs is 3. The van der Waals surface area contributed by atoms with Crippen LogP contribution in [0.4, 0.5) is 0 Å². The van der Waals surface area contributed by atoms with Gasteiger partial charge >= 0.3 is 0 Å². The number of benzene rings is 2.